The molecule has 33 heavy (non-hydrogen) atoms. The summed E-state index contributed by atoms with van der Waals surface area (Å²) in [5.74, 6) is -0.483. The van der Waals surface area contributed by atoms with E-state index in [0.717, 1.165) is 28.3 Å². The summed E-state index contributed by atoms with van der Waals surface area (Å²) < 4.78 is 31.9. The van der Waals surface area contributed by atoms with E-state index in [1.165, 1.54) is 10.2 Å². The van der Waals surface area contributed by atoms with Gasteiger partial charge in [0.25, 0.3) is 0 Å². The first-order valence-electron chi connectivity index (χ1n) is 10.2. The van der Waals surface area contributed by atoms with Gasteiger partial charge in [0, 0.05) is 29.9 Å². The van der Waals surface area contributed by atoms with Crippen molar-refractivity contribution in [2.45, 2.75) is 19.6 Å². The fourth-order valence-corrected chi connectivity index (χ4v) is 4.55. The largest absolute Gasteiger partial charge is 0.489 e. The predicted molar refractivity (Wildman–Crippen MR) is 125 cm³/mol. The molecule has 0 amide bonds. The molecule has 0 saturated carbocycles. The Balaban J connectivity index is 1.80. The molecule has 8 nitrogen and oxygen atoms in total. The van der Waals surface area contributed by atoms with Gasteiger partial charge in [-0.1, -0.05) is 18.2 Å². The van der Waals surface area contributed by atoms with Crippen molar-refractivity contribution in [2.24, 2.45) is 5.73 Å². The number of rotatable bonds is 8. The van der Waals surface area contributed by atoms with Crippen LogP contribution < -0.4 is 10.5 Å². The van der Waals surface area contributed by atoms with Gasteiger partial charge in [0.05, 0.1) is 23.9 Å². The molecule has 0 spiro atoms. The van der Waals surface area contributed by atoms with E-state index < -0.39 is 16.0 Å². The zero-order valence-corrected chi connectivity index (χ0v) is 18.7. The van der Waals surface area contributed by atoms with Crippen molar-refractivity contribution >= 4 is 26.9 Å². The summed E-state index contributed by atoms with van der Waals surface area (Å²) in [4.78, 5) is 15.4. The maximum atomic E-state index is 12.3. The van der Waals surface area contributed by atoms with Crippen molar-refractivity contribution in [1.82, 2.24) is 8.96 Å². The van der Waals surface area contributed by atoms with Gasteiger partial charge in [0.1, 0.15) is 12.4 Å². The average molecular weight is 466 g/mol. The van der Waals surface area contributed by atoms with E-state index in [1.807, 2.05) is 18.2 Å². The highest BCUT2D eigenvalue weighted by Crippen LogP contribution is 2.32. The van der Waals surface area contributed by atoms with Crippen LogP contribution in [0.15, 0.2) is 67.0 Å². The normalized spacial score (nSPS) is 11.6. The lowest BCUT2D eigenvalue weighted by molar-refractivity contribution is -0.136. The smallest absolute Gasteiger partial charge is 0.307 e. The van der Waals surface area contributed by atoms with E-state index in [2.05, 4.69) is 4.98 Å². The number of benzene rings is 2. The summed E-state index contributed by atoms with van der Waals surface area (Å²) >= 11 is 0. The monoisotopic (exact) mass is 465 g/mol. The quantitative estimate of drug-likeness (QED) is 0.409. The van der Waals surface area contributed by atoms with Gasteiger partial charge in [-0.15, -0.1) is 0 Å². The van der Waals surface area contributed by atoms with Crippen LogP contribution in [0.3, 0.4) is 0 Å². The molecule has 4 aromatic rings. The molecular formula is C24H23N3O5S. The van der Waals surface area contributed by atoms with E-state index in [0.29, 0.717) is 22.5 Å². The van der Waals surface area contributed by atoms with Crippen molar-refractivity contribution in [3.63, 3.8) is 0 Å². The minimum atomic E-state index is -3.52. The van der Waals surface area contributed by atoms with E-state index in [-0.39, 0.29) is 19.6 Å². The Bertz CT molecular complexity index is 1440. The van der Waals surface area contributed by atoms with Crippen LogP contribution in [0.1, 0.15) is 16.8 Å². The number of nitrogens with zero attached hydrogens (tertiary/aromatic N) is 2. The molecule has 0 aliphatic carbocycles. The standard InChI is InChI=1S/C24H23N3O5S/c1-33(30,31)27-9-7-20-21(17-6-8-26-19(12-17)14-25)10-16(11-22(20)27)15-32-23-5-3-2-4-18(23)13-24(28)29/h2-12H,13-15,25H2,1H3,(H,28,29). The second-order valence-electron chi connectivity index (χ2n) is 7.66. The number of carboxylic acids is 1. The summed E-state index contributed by atoms with van der Waals surface area (Å²) in [7, 11) is -3.52. The molecule has 2 aromatic carbocycles. The van der Waals surface area contributed by atoms with Crippen molar-refractivity contribution < 1.29 is 23.1 Å². The number of fused-ring (bicyclic) bond motifs is 1. The molecule has 0 bridgehead atoms. The fraction of sp³-hybridized carbons (Fsp3) is 0.167. The lowest BCUT2D eigenvalue weighted by atomic mass is 9.99. The first-order chi connectivity index (χ1) is 15.8. The van der Waals surface area contributed by atoms with Crippen LogP contribution in [-0.4, -0.2) is 34.7 Å². The maximum Gasteiger partial charge on any atom is 0.307 e. The van der Waals surface area contributed by atoms with Gasteiger partial charge in [0.15, 0.2) is 0 Å². The van der Waals surface area contributed by atoms with Gasteiger partial charge >= 0.3 is 5.97 Å². The minimum Gasteiger partial charge on any atom is -0.489 e. The van der Waals surface area contributed by atoms with E-state index >= 15 is 0 Å². The van der Waals surface area contributed by atoms with Crippen LogP contribution in [0.25, 0.3) is 22.0 Å². The van der Waals surface area contributed by atoms with Crippen LogP contribution in [0.4, 0.5) is 0 Å². The molecule has 4 rings (SSSR count). The SMILES string of the molecule is CS(=O)(=O)n1ccc2c(-c3ccnc(CN)c3)cc(COc3ccccc3CC(=O)O)cc21. The lowest BCUT2D eigenvalue weighted by Crippen LogP contribution is -2.09. The van der Waals surface area contributed by atoms with Crippen molar-refractivity contribution in [2.75, 3.05) is 6.26 Å². The maximum absolute atomic E-state index is 12.3. The summed E-state index contributed by atoms with van der Waals surface area (Å²) in [6.45, 7) is 0.411. The number of nitrogens with two attached hydrogens (primary N) is 1. The van der Waals surface area contributed by atoms with Crippen LogP contribution >= 0.6 is 0 Å². The van der Waals surface area contributed by atoms with Gasteiger partial charge in [-0.25, -0.2) is 12.4 Å². The molecule has 0 aliphatic heterocycles. The van der Waals surface area contributed by atoms with Crippen molar-refractivity contribution in [3.05, 3.63) is 83.8 Å². The Morgan fingerprint density at radius 2 is 1.94 bits per heavy atom. The molecule has 0 unspecified atom stereocenters. The third kappa shape index (κ3) is 4.89. The third-order valence-corrected chi connectivity index (χ3v) is 6.27. The number of ether oxygens (including phenoxy) is 1. The van der Waals surface area contributed by atoms with Gasteiger partial charge in [0.2, 0.25) is 10.0 Å². The Kier molecular flexibility index (Phi) is 6.17. The highest BCUT2D eigenvalue weighted by Gasteiger charge is 2.16. The lowest BCUT2D eigenvalue weighted by Gasteiger charge is -2.13. The first kappa shape index (κ1) is 22.5. The van der Waals surface area contributed by atoms with Crippen LogP contribution in [0.5, 0.6) is 5.75 Å². The third-order valence-electron chi connectivity index (χ3n) is 5.23. The Morgan fingerprint density at radius 3 is 2.67 bits per heavy atom. The molecule has 0 radical (unpaired) electrons. The topological polar surface area (TPSA) is 125 Å². The summed E-state index contributed by atoms with van der Waals surface area (Å²) in [5.41, 5.74) is 9.97. The van der Waals surface area contributed by atoms with Gasteiger partial charge in [-0.3, -0.25) is 9.78 Å². The zero-order chi connectivity index (χ0) is 23.6. The van der Waals surface area contributed by atoms with Gasteiger partial charge in [-0.05, 0) is 53.1 Å². The number of para-hydroxylation sites is 1. The Labute approximate surface area is 191 Å². The van der Waals surface area contributed by atoms with E-state index in [4.69, 9.17) is 15.6 Å². The van der Waals surface area contributed by atoms with Crippen LogP contribution in [0, 0.1) is 0 Å². The highest BCUT2D eigenvalue weighted by molar-refractivity contribution is 7.89. The number of pyridine rings is 1. The van der Waals surface area contributed by atoms with Crippen molar-refractivity contribution in [1.29, 1.82) is 0 Å². The first-order valence-corrected chi connectivity index (χ1v) is 12.0. The van der Waals surface area contributed by atoms with Crippen molar-refractivity contribution in [3.8, 4) is 16.9 Å². The molecule has 2 heterocycles. The molecule has 0 atom stereocenters. The fourth-order valence-electron chi connectivity index (χ4n) is 3.76. The Hall–Kier alpha value is -3.69. The molecule has 0 aliphatic rings. The Morgan fingerprint density at radius 1 is 1.15 bits per heavy atom. The number of hydrogen-bond donors (Lipinski definition) is 2. The van der Waals surface area contributed by atoms with Crippen LogP contribution in [0.2, 0.25) is 0 Å². The van der Waals surface area contributed by atoms with Gasteiger partial charge < -0.3 is 15.6 Å². The number of carboxylic acid groups (broad SMARTS) is 1. The molecule has 0 fully saturated rings. The summed E-state index contributed by atoms with van der Waals surface area (Å²) in [6, 6.07) is 16.1. The second kappa shape index (κ2) is 9.05. The van der Waals surface area contributed by atoms with Gasteiger partial charge in [-0.2, -0.15) is 0 Å². The molecule has 170 valence electrons. The minimum absolute atomic E-state index is 0.128. The number of hydrogen-bond acceptors (Lipinski definition) is 6. The second-order valence-corrected chi connectivity index (χ2v) is 9.52. The summed E-state index contributed by atoms with van der Waals surface area (Å²) in [5, 5.41) is 9.92. The molecule has 3 N–H and O–H groups in total. The number of aliphatic carboxylic acids is 1. The van der Waals surface area contributed by atoms with Crippen LogP contribution in [-0.2, 0) is 34.4 Å². The van der Waals surface area contributed by atoms with E-state index in [9.17, 15) is 13.2 Å². The number of carbonyl (C=O) groups is 1. The van der Waals surface area contributed by atoms with E-state index in [1.54, 1.807) is 42.6 Å². The molecular weight excluding hydrogens is 442 g/mol. The highest BCUT2D eigenvalue weighted by atomic mass is 32.2. The molecule has 9 heteroatoms. The molecule has 0 saturated heterocycles. The average Bonchev–Trinajstić information content (AvgIpc) is 3.22. The predicted octanol–water partition coefficient (Wildman–Crippen LogP) is 3.18. The molecule has 2 aromatic heterocycles. The zero-order valence-electron chi connectivity index (χ0n) is 17.9. The number of aromatic nitrogens is 2. The summed E-state index contributed by atoms with van der Waals surface area (Å²) in [6.07, 6.45) is 4.19.